The van der Waals surface area contributed by atoms with Gasteiger partial charge in [-0.25, -0.2) is 9.59 Å². The highest BCUT2D eigenvalue weighted by Gasteiger charge is 2.55. The van der Waals surface area contributed by atoms with Crippen LogP contribution < -0.4 is 5.32 Å². The number of hydrogen-bond acceptors (Lipinski definition) is 8. The van der Waals surface area contributed by atoms with E-state index in [-0.39, 0.29) is 36.0 Å². The van der Waals surface area contributed by atoms with Gasteiger partial charge >= 0.3 is 11.9 Å². The molecule has 1 aromatic heterocycles. The van der Waals surface area contributed by atoms with E-state index in [2.05, 4.69) is 5.32 Å². The second-order valence-corrected chi connectivity index (χ2v) is 11.0. The van der Waals surface area contributed by atoms with Crippen LogP contribution in [0.4, 0.5) is 0 Å². The monoisotopic (exact) mass is 562 g/mol. The third-order valence-corrected chi connectivity index (χ3v) is 8.50. The molecule has 1 fully saturated rings. The molecule has 3 aromatic rings. The number of hydrogen-bond donors (Lipinski definition) is 1. The Balaban J connectivity index is 1.42. The Labute approximate surface area is 234 Å². The van der Waals surface area contributed by atoms with Gasteiger partial charge in [-0.3, -0.25) is 14.5 Å². The minimum Gasteiger partial charge on any atom is -0.463 e. The van der Waals surface area contributed by atoms with Gasteiger partial charge in [0.05, 0.1) is 18.6 Å². The van der Waals surface area contributed by atoms with Crippen LogP contribution in [0.1, 0.15) is 29.0 Å². The van der Waals surface area contributed by atoms with E-state index in [1.807, 2.05) is 78.2 Å². The first-order chi connectivity index (χ1) is 19.0. The first-order valence-electron chi connectivity index (χ1n) is 12.5. The summed E-state index contributed by atoms with van der Waals surface area (Å²) < 4.78 is 11.2. The van der Waals surface area contributed by atoms with Crippen LogP contribution >= 0.6 is 23.1 Å². The molecule has 1 N–H and O–H groups in total. The third-order valence-electron chi connectivity index (χ3n) is 6.34. The lowest BCUT2D eigenvalue weighted by Crippen LogP contribution is -2.71. The number of ether oxygens (including phenoxy) is 2. The maximum atomic E-state index is 13.8. The van der Waals surface area contributed by atoms with Crippen molar-refractivity contribution in [2.24, 2.45) is 0 Å². The number of thiophene rings is 1. The van der Waals surface area contributed by atoms with Gasteiger partial charge in [0.25, 0.3) is 5.91 Å². The van der Waals surface area contributed by atoms with E-state index in [9.17, 15) is 19.2 Å². The van der Waals surface area contributed by atoms with Crippen molar-refractivity contribution in [1.82, 2.24) is 10.2 Å². The summed E-state index contributed by atoms with van der Waals surface area (Å²) in [4.78, 5) is 54.7. The van der Waals surface area contributed by atoms with Gasteiger partial charge in [-0.1, -0.05) is 66.7 Å². The molecule has 2 atom stereocenters. The molecular weight excluding hydrogens is 536 g/mol. The smallest absolute Gasteiger partial charge is 0.356 e. The summed E-state index contributed by atoms with van der Waals surface area (Å²) in [7, 11) is 0. The number of benzene rings is 2. The fraction of sp³-hybridized carbons (Fsp3) is 0.241. The Bertz CT molecular complexity index is 1350. The molecule has 200 valence electrons. The normalized spacial score (nSPS) is 18.3. The van der Waals surface area contributed by atoms with E-state index in [0.717, 1.165) is 16.0 Å². The highest BCUT2D eigenvalue weighted by Crippen LogP contribution is 2.42. The van der Waals surface area contributed by atoms with Crippen LogP contribution in [0.15, 0.2) is 89.4 Å². The Kier molecular flexibility index (Phi) is 8.13. The molecule has 1 unspecified atom stereocenters. The number of nitrogens with zero attached hydrogens (tertiary/aromatic N) is 1. The number of fused-ring (bicyclic) bond motifs is 1. The average Bonchev–Trinajstić information content (AvgIpc) is 3.47. The van der Waals surface area contributed by atoms with Crippen LogP contribution in [0.2, 0.25) is 0 Å². The molecule has 0 spiro atoms. The van der Waals surface area contributed by atoms with Crippen molar-refractivity contribution in [3.05, 3.63) is 105 Å². The second-order valence-electron chi connectivity index (χ2n) is 8.87. The van der Waals surface area contributed by atoms with Gasteiger partial charge in [-0.2, -0.15) is 0 Å². The molecule has 5 rings (SSSR count). The van der Waals surface area contributed by atoms with Crippen molar-refractivity contribution < 1.29 is 28.7 Å². The molecule has 2 aliphatic rings. The fourth-order valence-electron chi connectivity index (χ4n) is 4.53. The molecule has 39 heavy (non-hydrogen) atoms. The Morgan fingerprint density at radius 3 is 2.23 bits per heavy atom. The summed E-state index contributed by atoms with van der Waals surface area (Å²) >= 11 is 2.76. The Morgan fingerprint density at radius 1 is 0.974 bits per heavy atom. The maximum Gasteiger partial charge on any atom is 0.356 e. The van der Waals surface area contributed by atoms with Crippen LogP contribution in [0.25, 0.3) is 0 Å². The first-order valence-corrected chi connectivity index (χ1v) is 14.4. The van der Waals surface area contributed by atoms with Gasteiger partial charge in [0.1, 0.15) is 17.1 Å². The van der Waals surface area contributed by atoms with Crippen LogP contribution in [-0.4, -0.2) is 52.4 Å². The number of carbonyl (C=O) groups is 4. The average molecular weight is 563 g/mol. The lowest BCUT2D eigenvalue weighted by molar-refractivity contribution is -0.155. The predicted octanol–water partition coefficient (Wildman–Crippen LogP) is 3.84. The largest absolute Gasteiger partial charge is 0.463 e. The fourth-order valence-corrected chi connectivity index (χ4v) is 6.56. The standard InChI is InChI=1S/C29H26N2O6S2/c1-2-36-28(34)21-17-39-27-23(30-22(32)16-20-14-9-15-38-20)26(33)31(27)24(21)29(35)37-25(18-10-5-3-6-11-18)19-12-7-4-8-13-19/h3-15,23,25,27H,2,16-17H2,1H3,(H,30,32)/t23?,27-/m1/s1. The summed E-state index contributed by atoms with van der Waals surface area (Å²) in [5.74, 6) is -2.11. The van der Waals surface area contributed by atoms with Gasteiger partial charge in [-0.15, -0.1) is 23.1 Å². The number of nitrogens with one attached hydrogen (secondary N) is 1. The molecule has 2 amide bonds. The SMILES string of the molecule is CCOC(=O)C1=C(C(=O)OC(c2ccccc2)c2ccccc2)N2C(=O)C(NC(=O)Cc3cccs3)[C@H]2SC1. The minimum atomic E-state index is -0.812. The molecule has 10 heteroatoms. The molecule has 0 radical (unpaired) electrons. The highest BCUT2D eigenvalue weighted by atomic mass is 32.2. The summed E-state index contributed by atoms with van der Waals surface area (Å²) in [6, 6.07) is 21.4. The van der Waals surface area contributed by atoms with Crippen LogP contribution in [-0.2, 0) is 35.1 Å². The Morgan fingerprint density at radius 2 is 1.64 bits per heavy atom. The van der Waals surface area contributed by atoms with Crippen molar-refractivity contribution >= 4 is 46.9 Å². The van der Waals surface area contributed by atoms with E-state index >= 15 is 0 Å². The van der Waals surface area contributed by atoms with Gasteiger partial charge in [-0.05, 0) is 29.5 Å². The summed E-state index contributed by atoms with van der Waals surface area (Å²) in [6.07, 6.45) is -0.602. The van der Waals surface area contributed by atoms with E-state index < -0.39 is 35.4 Å². The molecule has 3 heterocycles. The summed E-state index contributed by atoms with van der Waals surface area (Å²) in [5.41, 5.74) is 1.42. The van der Waals surface area contributed by atoms with Crippen LogP contribution in [0.3, 0.4) is 0 Å². The predicted molar refractivity (Wildman–Crippen MR) is 148 cm³/mol. The molecule has 0 bridgehead atoms. The molecule has 2 aliphatic heterocycles. The van der Waals surface area contributed by atoms with E-state index in [1.165, 1.54) is 28.0 Å². The van der Waals surface area contributed by atoms with E-state index in [4.69, 9.17) is 9.47 Å². The van der Waals surface area contributed by atoms with Gasteiger partial charge in [0.15, 0.2) is 6.10 Å². The number of β-lactam (4-membered cyclic amide) rings is 1. The number of rotatable bonds is 9. The molecule has 1 saturated heterocycles. The number of esters is 2. The molecule has 8 nitrogen and oxygen atoms in total. The van der Waals surface area contributed by atoms with Gasteiger partial charge in [0.2, 0.25) is 5.91 Å². The topological polar surface area (TPSA) is 102 Å². The van der Waals surface area contributed by atoms with Crippen molar-refractivity contribution in [2.45, 2.75) is 30.9 Å². The van der Waals surface area contributed by atoms with Crippen molar-refractivity contribution in [1.29, 1.82) is 0 Å². The van der Waals surface area contributed by atoms with Crippen molar-refractivity contribution in [3.8, 4) is 0 Å². The van der Waals surface area contributed by atoms with Gasteiger partial charge < -0.3 is 14.8 Å². The summed E-state index contributed by atoms with van der Waals surface area (Å²) in [5, 5.41) is 4.13. The van der Waals surface area contributed by atoms with Gasteiger partial charge in [0, 0.05) is 10.6 Å². The molecule has 0 aliphatic carbocycles. The maximum absolute atomic E-state index is 13.8. The number of thioether (sulfide) groups is 1. The zero-order chi connectivity index (χ0) is 27.4. The lowest BCUT2D eigenvalue weighted by atomic mass is 10.0. The molecular formula is C29H26N2O6S2. The molecule has 2 aromatic carbocycles. The zero-order valence-electron chi connectivity index (χ0n) is 21.1. The van der Waals surface area contributed by atoms with Crippen molar-refractivity contribution in [3.63, 3.8) is 0 Å². The summed E-state index contributed by atoms with van der Waals surface area (Å²) in [6.45, 7) is 1.79. The number of carbonyl (C=O) groups excluding carboxylic acids is 4. The highest BCUT2D eigenvalue weighted by molar-refractivity contribution is 8.00. The van der Waals surface area contributed by atoms with Crippen LogP contribution in [0, 0.1) is 0 Å². The Hall–Kier alpha value is -3.89. The van der Waals surface area contributed by atoms with Crippen molar-refractivity contribution in [2.75, 3.05) is 12.4 Å². The third kappa shape index (κ3) is 5.62. The quantitative estimate of drug-likeness (QED) is 0.312. The number of amides is 2. The zero-order valence-corrected chi connectivity index (χ0v) is 22.7. The van der Waals surface area contributed by atoms with Crippen LogP contribution in [0.5, 0.6) is 0 Å². The molecule has 0 saturated carbocycles. The second kappa shape index (κ2) is 11.9. The minimum absolute atomic E-state index is 0.0692. The lowest BCUT2D eigenvalue weighted by Gasteiger charge is -2.49. The first kappa shape index (κ1) is 26.7. The van der Waals surface area contributed by atoms with E-state index in [0.29, 0.717) is 0 Å². The van der Waals surface area contributed by atoms with E-state index in [1.54, 1.807) is 6.92 Å².